The number of ether oxygens (including phenoxy) is 6. The first kappa shape index (κ1) is 39.9. The first-order chi connectivity index (χ1) is 25.9. The number of aliphatic hydroxyl groups is 2. The molecular formula is C40H60BO14-. The van der Waals surface area contributed by atoms with E-state index in [1.807, 2.05) is 79.7 Å². The first-order valence-corrected chi connectivity index (χ1v) is 20.5. The highest BCUT2D eigenvalue weighted by molar-refractivity contribution is 6.56. The van der Waals surface area contributed by atoms with Gasteiger partial charge in [-0.25, -0.2) is 9.59 Å². The number of fused-ring (bicyclic) bond motifs is 8. The number of esters is 2. The SMILES string of the molecule is C[C@@H]1CC[C@@H]2O[C@]13O[B-]14O[C@H]3C(=O)O[C@H]3C[C@@H](/C=C\C[C@@H](O)C(C)(C)[C@H]5CC[C@@H](C)[C@](O5)(O1)[C@@H](O4)C(=O)O[C@H]1C[C@@H](/C=C\C[C@@H](O)C2(C)C)O[C@@H]1C)O[C@@H]3C. The van der Waals surface area contributed by atoms with Crippen LogP contribution in [0.1, 0.15) is 107 Å². The molecule has 8 rings (SSSR count). The van der Waals surface area contributed by atoms with E-state index in [1.165, 1.54) is 0 Å². The molecule has 8 aliphatic heterocycles. The standard InChI is InChI=1S/C40H60BO14/c1-21-15-17-31-37(5,6)29(42)13-9-11-26-20-28(24(4)47-26)49-36(45)34-40-22(2)16-18-32(51-40)38(7,8)30(43)14-10-12-25-19-27(23(3)46-25)48-35(44)33-39(21,50-31)54-41(52-33,53-34)55-40/h9-12,21-34,42-43H,13-20H2,1-8H3/q-1/b11-9-,12-10-/t21-,22-,23-,24-,25-,26-,27+,28+,29-,30-,31-,32+,33+,34+,39+,40+,41?/m1/s1. The fourth-order valence-corrected chi connectivity index (χ4v) is 10.1. The van der Waals surface area contributed by atoms with Crippen LogP contribution < -0.4 is 0 Å². The summed E-state index contributed by atoms with van der Waals surface area (Å²) in [5, 5.41) is 23.3. The van der Waals surface area contributed by atoms with Crippen molar-refractivity contribution < 1.29 is 66.8 Å². The minimum absolute atomic E-state index is 0.318. The predicted molar refractivity (Wildman–Crippen MR) is 194 cm³/mol. The molecule has 0 saturated carbocycles. The Labute approximate surface area is 323 Å². The van der Waals surface area contributed by atoms with Crippen molar-refractivity contribution in [2.24, 2.45) is 22.7 Å². The van der Waals surface area contributed by atoms with Crippen LogP contribution in [0.4, 0.5) is 0 Å². The van der Waals surface area contributed by atoms with Crippen molar-refractivity contribution in [2.75, 3.05) is 0 Å². The van der Waals surface area contributed by atoms with E-state index >= 15 is 0 Å². The lowest BCUT2D eigenvalue weighted by atomic mass is 9.73. The summed E-state index contributed by atoms with van der Waals surface area (Å²) in [6, 6.07) is 0. The highest BCUT2D eigenvalue weighted by atomic mass is 17.0. The smallest absolute Gasteiger partial charge is 0.504 e. The molecule has 0 aromatic carbocycles. The minimum Gasteiger partial charge on any atom is -0.504 e. The van der Waals surface area contributed by atoms with Gasteiger partial charge in [0.2, 0.25) is 0 Å². The summed E-state index contributed by atoms with van der Waals surface area (Å²) in [5.74, 6) is -6.02. The molecule has 14 nitrogen and oxygen atoms in total. The average molecular weight is 776 g/mol. The van der Waals surface area contributed by atoms with Crippen molar-refractivity contribution in [1.29, 1.82) is 0 Å². The molecule has 17 atom stereocenters. The molecule has 6 saturated heterocycles. The molecule has 6 fully saturated rings. The maximum absolute atomic E-state index is 14.6. The fourth-order valence-electron chi connectivity index (χ4n) is 10.1. The molecule has 55 heavy (non-hydrogen) atoms. The van der Waals surface area contributed by atoms with E-state index in [9.17, 15) is 19.8 Å². The molecule has 8 heterocycles. The molecule has 0 aromatic rings. The number of hydrogen-bond acceptors (Lipinski definition) is 14. The van der Waals surface area contributed by atoms with Gasteiger partial charge in [-0.15, -0.1) is 0 Å². The second-order valence-electron chi connectivity index (χ2n) is 18.6. The van der Waals surface area contributed by atoms with Crippen molar-refractivity contribution >= 4 is 18.9 Å². The minimum atomic E-state index is -3.42. The van der Waals surface area contributed by atoms with Gasteiger partial charge < -0.3 is 57.3 Å². The summed E-state index contributed by atoms with van der Waals surface area (Å²) < 4.78 is 65.8. The summed E-state index contributed by atoms with van der Waals surface area (Å²) in [7, 11) is 0. The summed E-state index contributed by atoms with van der Waals surface area (Å²) in [6.45, 7) is 11.8. The van der Waals surface area contributed by atoms with E-state index in [0.717, 1.165) is 0 Å². The molecule has 8 aliphatic rings. The van der Waals surface area contributed by atoms with Crippen molar-refractivity contribution in [3.8, 4) is 0 Å². The van der Waals surface area contributed by atoms with Crippen LogP contribution in [0.5, 0.6) is 0 Å². The Bertz CT molecular complexity index is 1440. The molecule has 15 heteroatoms. The molecule has 0 aromatic heterocycles. The zero-order valence-corrected chi connectivity index (χ0v) is 33.4. The van der Waals surface area contributed by atoms with Crippen LogP contribution in [0.25, 0.3) is 0 Å². The van der Waals surface area contributed by atoms with Crippen LogP contribution in [-0.4, -0.2) is 114 Å². The Morgan fingerprint density at radius 2 is 1.04 bits per heavy atom. The molecule has 3 spiro atoms. The van der Waals surface area contributed by atoms with Gasteiger partial charge in [-0.05, 0) is 52.4 Å². The lowest BCUT2D eigenvalue weighted by molar-refractivity contribution is -0.310. The first-order valence-electron chi connectivity index (χ1n) is 20.5. The van der Waals surface area contributed by atoms with E-state index in [1.54, 1.807) is 0 Å². The van der Waals surface area contributed by atoms with E-state index in [0.29, 0.717) is 51.4 Å². The highest BCUT2D eigenvalue weighted by Gasteiger charge is 2.73. The van der Waals surface area contributed by atoms with Gasteiger partial charge >= 0.3 is 18.9 Å². The second-order valence-corrected chi connectivity index (χ2v) is 18.6. The van der Waals surface area contributed by atoms with Crippen LogP contribution in [0, 0.1) is 22.7 Å². The Balaban J connectivity index is 1.27. The van der Waals surface area contributed by atoms with Gasteiger partial charge in [-0.2, -0.15) is 0 Å². The summed E-state index contributed by atoms with van der Waals surface area (Å²) in [4.78, 5) is 29.2. The maximum Gasteiger partial charge on any atom is 0.536 e. The lowest BCUT2D eigenvalue weighted by Crippen LogP contribution is -2.61. The number of carbonyl (C=O) groups excluding carboxylic acids is 2. The molecular weight excluding hydrogens is 715 g/mol. The van der Waals surface area contributed by atoms with Gasteiger partial charge in [0.15, 0.2) is 23.8 Å². The van der Waals surface area contributed by atoms with Crippen molar-refractivity contribution in [2.45, 2.75) is 192 Å². The van der Waals surface area contributed by atoms with Crippen LogP contribution >= 0.6 is 0 Å². The number of hydrogen-bond donors (Lipinski definition) is 2. The lowest BCUT2D eigenvalue weighted by Gasteiger charge is -2.52. The predicted octanol–water partition coefficient (Wildman–Crippen LogP) is 4.15. The van der Waals surface area contributed by atoms with Gasteiger partial charge in [-0.3, -0.25) is 0 Å². The summed E-state index contributed by atoms with van der Waals surface area (Å²) >= 11 is 0. The third-order valence-corrected chi connectivity index (χ3v) is 14.3. The van der Waals surface area contributed by atoms with Crippen molar-refractivity contribution in [1.82, 2.24) is 0 Å². The van der Waals surface area contributed by atoms with E-state index in [2.05, 4.69) is 0 Å². The van der Waals surface area contributed by atoms with E-state index in [4.69, 9.17) is 47.0 Å². The van der Waals surface area contributed by atoms with E-state index in [-0.39, 0.29) is 12.2 Å². The molecule has 308 valence electrons. The quantitative estimate of drug-likeness (QED) is 0.205. The summed E-state index contributed by atoms with van der Waals surface area (Å²) in [5.41, 5.74) is -1.64. The largest absolute Gasteiger partial charge is 0.536 e. The Kier molecular flexibility index (Phi) is 10.2. The van der Waals surface area contributed by atoms with Crippen LogP contribution in [0.2, 0.25) is 0 Å². The third-order valence-electron chi connectivity index (χ3n) is 14.3. The molecule has 0 aliphatic carbocycles. The maximum atomic E-state index is 14.6. The van der Waals surface area contributed by atoms with E-state index < -0.39 is 114 Å². The molecule has 0 amide bonds. The van der Waals surface area contributed by atoms with Gasteiger partial charge in [-0.1, -0.05) is 65.8 Å². The number of rotatable bonds is 0. The molecule has 2 N–H and O–H groups in total. The normalized spacial score (nSPS) is 53.3. The average Bonchev–Trinajstić information content (AvgIpc) is 3.84. The zero-order valence-electron chi connectivity index (χ0n) is 33.4. The van der Waals surface area contributed by atoms with Gasteiger partial charge in [0.1, 0.15) is 12.2 Å². The number of aliphatic hydroxyl groups excluding tert-OH is 2. The molecule has 0 radical (unpaired) electrons. The third kappa shape index (κ3) is 6.66. The van der Waals surface area contributed by atoms with Gasteiger partial charge in [0.25, 0.3) is 0 Å². The van der Waals surface area contributed by atoms with Crippen molar-refractivity contribution in [3.05, 3.63) is 24.3 Å². The van der Waals surface area contributed by atoms with Crippen LogP contribution in [0.3, 0.4) is 0 Å². The van der Waals surface area contributed by atoms with Gasteiger partial charge in [0.05, 0.1) is 48.8 Å². The van der Waals surface area contributed by atoms with Crippen LogP contribution in [-0.2, 0) is 56.6 Å². The monoisotopic (exact) mass is 775 g/mol. The van der Waals surface area contributed by atoms with Crippen molar-refractivity contribution in [3.63, 3.8) is 0 Å². The van der Waals surface area contributed by atoms with Crippen LogP contribution in [0.15, 0.2) is 24.3 Å². The summed E-state index contributed by atoms with van der Waals surface area (Å²) in [6.07, 6.45) is 2.49. The Hall–Kier alpha value is -1.92. The highest BCUT2D eigenvalue weighted by Crippen LogP contribution is 2.57. The zero-order chi connectivity index (χ0) is 39.3. The topological polar surface area (TPSA) is 167 Å². The Morgan fingerprint density at radius 1 is 0.636 bits per heavy atom. The Morgan fingerprint density at radius 3 is 1.44 bits per heavy atom. The fraction of sp³-hybridized carbons (Fsp3) is 0.850. The second kappa shape index (κ2) is 14.1. The number of carbonyl (C=O) groups is 2. The molecule has 11 bridgehead atoms. The van der Waals surface area contributed by atoms with Gasteiger partial charge in [0, 0.05) is 35.5 Å². The molecule has 1 unspecified atom stereocenters.